The van der Waals surface area contributed by atoms with Crippen LogP contribution in [0.1, 0.15) is 12.5 Å². The lowest BCUT2D eigenvalue weighted by Gasteiger charge is -2.19. The predicted octanol–water partition coefficient (Wildman–Crippen LogP) is -0.308. The second-order valence-electron chi connectivity index (χ2n) is 3.89. The fraction of sp³-hybridized carbons (Fsp3) is 0.300. The summed E-state index contributed by atoms with van der Waals surface area (Å²) in [5.74, 6) is 5.86. The molecule has 3 N–H and O–H groups in total. The molecule has 0 unspecified atom stereocenters. The number of nitrogens with zero attached hydrogens (tertiary/aromatic N) is 2. The number of aliphatic hydroxyl groups excluding tert-OH is 1. The van der Waals surface area contributed by atoms with Crippen LogP contribution in [0.5, 0.6) is 0 Å². The summed E-state index contributed by atoms with van der Waals surface area (Å²) < 4.78 is 27.1. The van der Waals surface area contributed by atoms with Crippen molar-refractivity contribution >= 4 is 15.9 Å². The first-order chi connectivity index (χ1) is 7.92. The van der Waals surface area contributed by atoms with Crippen LogP contribution in [0.2, 0.25) is 0 Å². The average molecular weight is 255 g/mol. The van der Waals surface area contributed by atoms with E-state index in [1.165, 1.54) is 6.07 Å². The van der Waals surface area contributed by atoms with Crippen molar-refractivity contribution in [3.63, 3.8) is 0 Å². The Hall–Kier alpha value is -1.44. The molecule has 0 radical (unpaired) electrons. The SMILES string of the molecule is C[C@H](O)CN(N)C1=NS(=O)(=O)c2ccccc21. The van der Waals surface area contributed by atoms with E-state index in [9.17, 15) is 13.5 Å². The molecule has 0 fully saturated rings. The van der Waals surface area contributed by atoms with Crippen molar-refractivity contribution in [3.05, 3.63) is 29.8 Å². The van der Waals surface area contributed by atoms with E-state index in [1.807, 2.05) is 0 Å². The Morgan fingerprint density at radius 1 is 1.47 bits per heavy atom. The van der Waals surface area contributed by atoms with Gasteiger partial charge in [0, 0.05) is 5.56 Å². The third-order valence-corrected chi connectivity index (χ3v) is 3.67. The molecule has 2 rings (SSSR count). The number of rotatable bonds is 2. The molecule has 1 heterocycles. The van der Waals surface area contributed by atoms with Gasteiger partial charge in [-0.2, -0.15) is 8.42 Å². The van der Waals surface area contributed by atoms with Gasteiger partial charge in [-0.3, -0.25) is 5.01 Å². The summed E-state index contributed by atoms with van der Waals surface area (Å²) in [6, 6.07) is 6.47. The highest BCUT2D eigenvalue weighted by Crippen LogP contribution is 2.26. The molecule has 7 heteroatoms. The first-order valence-electron chi connectivity index (χ1n) is 5.06. The van der Waals surface area contributed by atoms with Crippen LogP contribution in [0, 0.1) is 0 Å². The maximum absolute atomic E-state index is 11.7. The largest absolute Gasteiger partial charge is 0.392 e. The summed E-state index contributed by atoms with van der Waals surface area (Å²) in [5.41, 5.74) is 0.468. The number of aliphatic hydroxyl groups is 1. The Kier molecular flexibility index (Phi) is 2.90. The van der Waals surface area contributed by atoms with Crippen molar-refractivity contribution < 1.29 is 13.5 Å². The van der Waals surface area contributed by atoms with E-state index < -0.39 is 16.1 Å². The molecule has 1 aliphatic heterocycles. The molecule has 1 aromatic carbocycles. The number of hydrogen-bond donors (Lipinski definition) is 2. The summed E-state index contributed by atoms with van der Waals surface area (Å²) in [5, 5.41) is 10.4. The Morgan fingerprint density at radius 3 is 2.76 bits per heavy atom. The maximum Gasteiger partial charge on any atom is 0.285 e. The van der Waals surface area contributed by atoms with Crippen molar-refractivity contribution in [1.82, 2.24) is 5.01 Å². The molecule has 1 aromatic rings. The van der Waals surface area contributed by atoms with E-state index in [0.717, 1.165) is 5.01 Å². The van der Waals surface area contributed by atoms with Crippen LogP contribution >= 0.6 is 0 Å². The number of sulfonamides is 1. The molecule has 17 heavy (non-hydrogen) atoms. The Labute approximate surface area is 99.4 Å². The third-order valence-electron chi connectivity index (χ3n) is 2.35. The quantitative estimate of drug-likeness (QED) is 0.558. The van der Waals surface area contributed by atoms with Crippen LogP contribution < -0.4 is 5.84 Å². The predicted molar refractivity (Wildman–Crippen MR) is 62.7 cm³/mol. The lowest BCUT2D eigenvalue weighted by atomic mass is 10.2. The number of amidine groups is 1. The standard InChI is InChI=1S/C10H13N3O3S/c1-7(14)6-13(11)10-8-4-2-3-5-9(8)17(15,16)12-10/h2-5,7,14H,6,11H2,1H3/t7-/m0/s1. The summed E-state index contributed by atoms with van der Waals surface area (Å²) in [4.78, 5) is 0.149. The van der Waals surface area contributed by atoms with Crippen molar-refractivity contribution in [1.29, 1.82) is 0 Å². The Bertz CT molecular complexity index is 566. The number of hydrazine groups is 1. The van der Waals surface area contributed by atoms with Crippen molar-refractivity contribution in [2.75, 3.05) is 6.54 Å². The van der Waals surface area contributed by atoms with Gasteiger partial charge in [0.1, 0.15) is 4.90 Å². The fourth-order valence-electron chi connectivity index (χ4n) is 1.67. The van der Waals surface area contributed by atoms with Crippen molar-refractivity contribution in [2.24, 2.45) is 10.2 Å². The molecule has 6 nitrogen and oxygen atoms in total. The molecular formula is C10H13N3O3S. The molecule has 1 atom stereocenters. The molecule has 0 aromatic heterocycles. The fourth-order valence-corrected chi connectivity index (χ4v) is 2.88. The molecular weight excluding hydrogens is 242 g/mol. The minimum Gasteiger partial charge on any atom is -0.392 e. The molecule has 0 amide bonds. The van der Waals surface area contributed by atoms with Crippen LogP contribution in [-0.4, -0.2) is 37.0 Å². The Morgan fingerprint density at radius 2 is 2.12 bits per heavy atom. The normalized spacial score (nSPS) is 18.4. The second-order valence-corrected chi connectivity index (χ2v) is 5.46. The molecule has 0 aliphatic carbocycles. The zero-order valence-corrected chi connectivity index (χ0v) is 10.1. The van der Waals surface area contributed by atoms with Gasteiger partial charge in [0.05, 0.1) is 12.6 Å². The van der Waals surface area contributed by atoms with E-state index in [1.54, 1.807) is 25.1 Å². The minimum atomic E-state index is -3.65. The zero-order valence-electron chi connectivity index (χ0n) is 9.24. The van der Waals surface area contributed by atoms with Gasteiger partial charge in [-0.1, -0.05) is 12.1 Å². The van der Waals surface area contributed by atoms with Crippen molar-refractivity contribution in [3.8, 4) is 0 Å². The van der Waals surface area contributed by atoms with E-state index >= 15 is 0 Å². The number of nitrogens with two attached hydrogens (primary N) is 1. The summed E-state index contributed by atoms with van der Waals surface area (Å²) >= 11 is 0. The number of hydrogen-bond acceptors (Lipinski definition) is 5. The van der Waals surface area contributed by atoms with Gasteiger partial charge in [0.2, 0.25) is 0 Å². The number of fused-ring (bicyclic) bond motifs is 1. The van der Waals surface area contributed by atoms with E-state index in [4.69, 9.17) is 5.84 Å². The second kappa shape index (κ2) is 4.10. The summed E-state index contributed by atoms with van der Waals surface area (Å²) in [7, 11) is -3.65. The lowest BCUT2D eigenvalue weighted by molar-refractivity contribution is 0.160. The molecule has 0 bridgehead atoms. The molecule has 0 saturated carbocycles. The summed E-state index contributed by atoms with van der Waals surface area (Å²) in [6.07, 6.45) is -0.668. The zero-order chi connectivity index (χ0) is 12.6. The van der Waals surface area contributed by atoms with Gasteiger partial charge in [0.25, 0.3) is 10.0 Å². The van der Waals surface area contributed by atoms with Gasteiger partial charge >= 0.3 is 0 Å². The number of benzene rings is 1. The highest BCUT2D eigenvalue weighted by atomic mass is 32.2. The Balaban J connectivity index is 2.45. The molecule has 92 valence electrons. The van der Waals surface area contributed by atoms with E-state index in [-0.39, 0.29) is 17.3 Å². The van der Waals surface area contributed by atoms with Gasteiger partial charge in [-0.15, -0.1) is 4.40 Å². The molecule has 0 spiro atoms. The smallest absolute Gasteiger partial charge is 0.285 e. The average Bonchev–Trinajstić information content (AvgIpc) is 2.51. The maximum atomic E-state index is 11.7. The van der Waals surface area contributed by atoms with Gasteiger partial charge in [-0.25, -0.2) is 5.84 Å². The lowest BCUT2D eigenvalue weighted by Crippen LogP contribution is -2.41. The molecule has 1 aliphatic rings. The monoisotopic (exact) mass is 255 g/mol. The highest BCUT2D eigenvalue weighted by Gasteiger charge is 2.30. The highest BCUT2D eigenvalue weighted by molar-refractivity contribution is 7.90. The first kappa shape index (κ1) is 12.0. The van der Waals surface area contributed by atoms with Crippen LogP contribution in [0.25, 0.3) is 0 Å². The van der Waals surface area contributed by atoms with Gasteiger partial charge in [0.15, 0.2) is 5.84 Å². The molecule has 0 saturated heterocycles. The van der Waals surface area contributed by atoms with Crippen LogP contribution in [0.15, 0.2) is 33.6 Å². The van der Waals surface area contributed by atoms with Gasteiger partial charge in [-0.05, 0) is 19.1 Å². The minimum absolute atomic E-state index is 0.114. The van der Waals surface area contributed by atoms with Crippen molar-refractivity contribution in [2.45, 2.75) is 17.9 Å². The van der Waals surface area contributed by atoms with E-state index in [0.29, 0.717) is 5.56 Å². The van der Waals surface area contributed by atoms with E-state index in [2.05, 4.69) is 4.40 Å². The first-order valence-corrected chi connectivity index (χ1v) is 6.50. The van der Waals surface area contributed by atoms with Crippen LogP contribution in [0.3, 0.4) is 0 Å². The summed E-state index contributed by atoms with van der Waals surface area (Å²) in [6.45, 7) is 1.68. The van der Waals surface area contributed by atoms with Crippen LogP contribution in [-0.2, 0) is 10.0 Å². The van der Waals surface area contributed by atoms with Gasteiger partial charge < -0.3 is 5.11 Å². The third kappa shape index (κ3) is 2.17. The topological polar surface area (TPSA) is 96.0 Å². The van der Waals surface area contributed by atoms with Crippen LogP contribution in [0.4, 0.5) is 0 Å².